The molecular weight excluding hydrogens is 479 g/mol. The molecular formula is C20H21Br2ClN2O. The van der Waals surface area contributed by atoms with Gasteiger partial charge in [0.25, 0.3) is 11.6 Å². The normalized spacial score (nSPS) is 22.7. The van der Waals surface area contributed by atoms with Crippen LogP contribution in [0, 0.1) is 0 Å². The van der Waals surface area contributed by atoms with Gasteiger partial charge in [-0.25, -0.2) is 0 Å². The summed E-state index contributed by atoms with van der Waals surface area (Å²) in [5.74, 6) is 1.22. The second-order valence-electron chi connectivity index (χ2n) is 6.78. The van der Waals surface area contributed by atoms with Gasteiger partial charge in [-0.05, 0) is 55.7 Å². The van der Waals surface area contributed by atoms with Crippen molar-refractivity contribution in [3.05, 3.63) is 63.6 Å². The van der Waals surface area contributed by atoms with E-state index in [9.17, 15) is 5.11 Å². The highest BCUT2D eigenvalue weighted by molar-refractivity contribution is 9.10. The van der Waals surface area contributed by atoms with Crippen LogP contribution < -0.4 is 21.9 Å². The fraction of sp³-hybridized carbons (Fsp3) is 0.350. The first kappa shape index (κ1) is 19.9. The van der Waals surface area contributed by atoms with Crippen molar-refractivity contribution in [3.63, 3.8) is 0 Å². The molecule has 0 radical (unpaired) electrons. The summed E-state index contributed by atoms with van der Waals surface area (Å²) < 4.78 is 3.39. The van der Waals surface area contributed by atoms with Crippen molar-refractivity contribution in [2.45, 2.75) is 31.4 Å². The van der Waals surface area contributed by atoms with Crippen LogP contribution in [0.15, 0.2) is 53.0 Å². The van der Waals surface area contributed by atoms with Crippen molar-refractivity contribution in [3.8, 4) is 0 Å². The molecule has 26 heavy (non-hydrogen) atoms. The molecule has 3 nitrogen and oxygen atoms in total. The van der Waals surface area contributed by atoms with Crippen LogP contribution in [-0.2, 0) is 5.72 Å². The van der Waals surface area contributed by atoms with Crippen LogP contribution in [0.2, 0.25) is 5.02 Å². The third kappa shape index (κ3) is 3.59. The molecule has 0 saturated heterocycles. The van der Waals surface area contributed by atoms with Gasteiger partial charge >= 0.3 is 0 Å². The molecule has 2 aliphatic rings. The van der Waals surface area contributed by atoms with Crippen molar-refractivity contribution in [1.82, 2.24) is 0 Å². The summed E-state index contributed by atoms with van der Waals surface area (Å²) in [6, 6.07) is 15.7. The van der Waals surface area contributed by atoms with E-state index in [4.69, 9.17) is 11.6 Å². The van der Waals surface area contributed by atoms with E-state index in [1.807, 2.05) is 36.4 Å². The van der Waals surface area contributed by atoms with Crippen LogP contribution in [0.25, 0.3) is 0 Å². The first-order valence-electron chi connectivity index (χ1n) is 8.73. The molecule has 0 aliphatic carbocycles. The predicted molar refractivity (Wildman–Crippen MR) is 105 cm³/mol. The van der Waals surface area contributed by atoms with Crippen LogP contribution in [-0.4, -0.2) is 28.6 Å². The van der Waals surface area contributed by atoms with Crippen molar-refractivity contribution in [1.29, 1.82) is 0 Å². The van der Waals surface area contributed by atoms with E-state index in [0.29, 0.717) is 11.6 Å². The number of hydrogen-bond donors (Lipinski definition) is 1. The Labute approximate surface area is 178 Å². The summed E-state index contributed by atoms with van der Waals surface area (Å²) in [6.07, 6.45) is 4.57. The van der Waals surface area contributed by atoms with E-state index in [2.05, 4.69) is 37.5 Å². The third-order valence-electron chi connectivity index (χ3n) is 5.12. The Kier molecular flexibility index (Phi) is 6.12. The van der Waals surface area contributed by atoms with Gasteiger partial charge in [-0.3, -0.25) is 4.58 Å². The second kappa shape index (κ2) is 8.01. The Balaban J connectivity index is 0.00000196. The second-order valence-corrected chi connectivity index (χ2v) is 8.14. The fourth-order valence-electron chi connectivity index (χ4n) is 3.91. The minimum Gasteiger partial charge on any atom is -1.00 e. The average molecular weight is 501 g/mol. The number of amidine groups is 1. The van der Waals surface area contributed by atoms with Gasteiger partial charge < -0.3 is 22.1 Å². The van der Waals surface area contributed by atoms with E-state index in [1.165, 1.54) is 18.7 Å². The molecule has 6 heteroatoms. The van der Waals surface area contributed by atoms with Gasteiger partial charge in [-0.2, -0.15) is 4.90 Å². The summed E-state index contributed by atoms with van der Waals surface area (Å²) in [7, 11) is 0. The van der Waals surface area contributed by atoms with E-state index in [-0.39, 0.29) is 17.0 Å². The number of rotatable bonds is 2. The maximum Gasteiger partial charge on any atom is 0.275 e. The Morgan fingerprint density at radius 1 is 1.00 bits per heavy atom. The predicted octanol–water partition coefficient (Wildman–Crippen LogP) is 1.76. The van der Waals surface area contributed by atoms with Crippen LogP contribution in [0.1, 0.15) is 31.2 Å². The lowest BCUT2D eigenvalue weighted by atomic mass is 10.00. The summed E-state index contributed by atoms with van der Waals surface area (Å²) in [6.45, 7) is 1.58. The highest BCUT2D eigenvalue weighted by atomic mass is 79.9. The van der Waals surface area contributed by atoms with E-state index >= 15 is 0 Å². The first-order chi connectivity index (χ1) is 12.1. The molecule has 0 fully saturated rings. The number of halogens is 3. The van der Waals surface area contributed by atoms with Crippen molar-refractivity contribution >= 4 is 39.1 Å². The monoisotopic (exact) mass is 498 g/mol. The molecule has 2 heterocycles. The van der Waals surface area contributed by atoms with Crippen molar-refractivity contribution in [2.24, 2.45) is 0 Å². The molecule has 0 spiro atoms. The molecule has 1 atom stereocenters. The molecule has 2 aliphatic heterocycles. The zero-order chi connectivity index (χ0) is 17.4. The Bertz CT molecular complexity index is 808. The molecule has 2 aromatic rings. The molecule has 0 aromatic heterocycles. The van der Waals surface area contributed by atoms with Gasteiger partial charge in [-0.1, -0.05) is 39.7 Å². The maximum atomic E-state index is 11.8. The lowest BCUT2D eigenvalue weighted by Gasteiger charge is -2.29. The molecule has 4 rings (SSSR count). The molecule has 138 valence electrons. The van der Waals surface area contributed by atoms with Gasteiger partial charge in [0, 0.05) is 21.5 Å². The van der Waals surface area contributed by atoms with Crippen LogP contribution in [0.5, 0.6) is 0 Å². The lowest BCUT2D eigenvalue weighted by molar-refractivity contribution is -0.534. The van der Waals surface area contributed by atoms with Crippen LogP contribution >= 0.6 is 27.5 Å². The third-order valence-corrected chi connectivity index (χ3v) is 5.90. The highest BCUT2D eigenvalue weighted by Gasteiger charge is 2.53. The van der Waals surface area contributed by atoms with E-state index in [0.717, 1.165) is 35.1 Å². The van der Waals surface area contributed by atoms with Gasteiger partial charge in [0.15, 0.2) is 6.54 Å². The Morgan fingerprint density at radius 3 is 2.38 bits per heavy atom. The van der Waals surface area contributed by atoms with Gasteiger partial charge in [0.2, 0.25) is 0 Å². The highest BCUT2D eigenvalue weighted by Crippen LogP contribution is 2.38. The van der Waals surface area contributed by atoms with Gasteiger partial charge in [0.1, 0.15) is 5.69 Å². The van der Waals surface area contributed by atoms with Gasteiger partial charge in [0.05, 0.1) is 6.54 Å². The molecule has 1 unspecified atom stereocenters. The topological polar surface area (TPSA) is 26.5 Å². The zero-order valence-electron chi connectivity index (χ0n) is 14.3. The van der Waals surface area contributed by atoms with Crippen molar-refractivity contribution in [2.75, 3.05) is 18.0 Å². The average Bonchev–Trinajstić information content (AvgIpc) is 2.74. The lowest BCUT2D eigenvalue weighted by Crippen LogP contribution is -3.00. The SMILES string of the molecule is OC1(c2ccc(Cl)cc2)C[N+]2=C(CCCCC2)N1c1ccc(Br)cc1.[Br-]. The maximum absolute atomic E-state index is 11.8. The number of hydrogen-bond acceptors (Lipinski definition) is 2. The Hall–Kier alpha value is -0.880. The number of aliphatic hydroxyl groups is 1. The van der Waals surface area contributed by atoms with Crippen LogP contribution in [0.3, 0.4) is 0 Å². The summed E-state index contributed by atoms with van der Waals surface area (Å²) in [5.41, 5.74) is 0.811. The quantitative estimate of drug-likeness (QED) is 0.637. The molecule has 0 amide bonds. The molecule has 0 saturated carbocycles. The van der Waals surface area contributed by atoms with E-state index < -0.39 is 5.72 Å². The largest absolute Gasteiger partial charge is 1.00 e. The standard InChI is InChI=1S/C20H21BrClN2O.BrH/c21-16-7-11-18(12-8-16)24-19-4-2-1-3-13-23(19)14-20(24,25)15-5-9-17(22)10-6-15;/h5-12,25H,1-4,13-14H2;1H/q+1;/p-1. The molecule has 1 N–H and O–H groups in total. The molecule has 2 aromatic carbocycles. The van der Waals surface area contributed by atoms with Crippen molar-refractivity contribution < 1.29 is 26.7 Å². The Morgan fingerprint density at radius 2 is 1.69 bits per heavy atom. The zero-order valence-corrected chi connectivity index (χ0v) is 18.3. The molecule has 0 bridgehead atoms. The summed E-state index contributed by atoms with van der Waals surface area (Å²) >= 11 is 9.57. The first-order valence-corrected chi connectivity index (χ1v) is 9.90. The number of anilines is 1. The number of nitrogens with zero attached hydrogens (tertiary/aromatic N) is 2. The smallest absolute Gasteiger partial charge is 0.275 e. The van der Waals surface area contributed by atoms with Gasteiger partial charge in [-0.15, -0.1) is 0 Å². The fourth-order valence-corrected chi connectivity index (χ4v) is 4.30. The van der Waals surface area contributed by atoms with E-state index in [1.54, 1.807) is 0 Å². The van der Waals surface area contributed by atoms with Crippen LogP contribution in [0.4, 0.5) is 5.69 Å². The number of benzene rings is 2. The minimum absolute atomic E-state index is 0. The summed E-state index contributed by atoms with van der Waals surface area (Å²) in [5, 5.41) is 12.5. The minimum atomic E-state index is -1.08. The summed E-state index contributed by atoms with van der Waals surface area (Å²) in [4.78, 5) is 2.12.